The van der Waals surface area contributed by atoms with Crippen LogP contribution in [0.1, 0.15) is 95.6 Å². The quantitative estimate of drug-likeness (QED) is 0.0299. The fourth-order valence-corrected chi connectivity index (χ4v) is 12.7. The van der Waals surface area contributed by atoms with Gasteiger partial charge in [-0.05, 0) is 144 Å². The monoisotopic (exact) mass is 855 g/mol. The summed E-state index contributed by atoms with van der Waals surface area (Å²) in [7, 11) is 3.69. The molecule has 1 aromatic carbocycles. The number of nitrogens with one attached hydrogen (secondary N) is 2. The maximum absolute atomic E-state index is 13.0. The lowest BCUT2D eigenvalue weighted by atomic mass is 9.45. The van der Waals surface area contributed by atoms with Crippen LogP contribution < -0.4 is 10.6 Å². The van der Waals surface area contributed by atoms with E-state index >= 15 is 0 Å². The number of allylic oxidation sites excluding steroid dienone is 9. The zero-order chi connectivity index (χ0) is 44.3. The van der Waals surface area contributed by atoms with E-state index in [1.54, 1.807) is 0 Å². The molecule has 6 rings (SSSR count). The number of aldehydes is 1. The first kappa shape index (κ1) is 48.5. The van der Waals surface area contributed by atoms with Crippen molar-refractivity contribution in [1.82, 2.24) is 10.6 Å². The third kappa shape index (κ3) is 10.4. The molecular formula is C53H78N2O7. The number of carbonyl (C=O) groups excluding carboxylic acids is 1. The lowest BCUT2D eigenvalue weighted by Gasteiger charge is -2.61. The van der Waals surface area contributed by atoms with E-state index in [0.29, 0.717) is 50.1 Å². The zero-order valence-corrected chi connectivity index (χ0v) is 38.3. The van der Waals surface area contributed by atoms with Crippen molar-refractivity contribution in [1.29, 1.82) is 0 Å². The average Bonchev–Trinajstić information content (AvgIpc) is 3.94. The van der Waals surface area contributed by atoms with Crippen molar-refractivity contribution in [2.45, 2.75) is 115 Å². The minimum atomic E-state index is -1.22. The number of aliphatic hydroxyl groups excluding tert-OH is 3. The van der Waals surface area contributed by atoms with E-state index in [2.05, 4.69) is 78.8 Å². The molecule has 9 nitrogen and oxygen atoms in total. The van der Waals surface area contributed by atoms with Crippen LogP contribution in [0, 0.1) is 40.9 Å². The van der Waals surface area contributed by atoms with Crippen molar-refractivity contribution in [2.75, 3.05) is 60.3 Å². The first-order valence-electron chi connectivity index (χ1n) is 23.7. The minimum Gasteiger partial charge on any atom is -0.396 e. The van der Waals surface area contributed by atoms with Gasteiger partial charge in [0.25, 0.3) is 0 Å². The molecule has 9 atom stereocenters. The highest BCUT2D eigenvalue weighted by atomic mass is 16.5. The van der Waals surface area contributed by atoms with Gasteiger partial charge in [-0.15, -0.1) is 0 Å². The Hall–Kier alpha value is -2.99. The summed E-state index contributed by atoms with van der Waals surface area (Å²) in [6, 6.07) is 9.16. The van der Waals surface area contributed by atoms with Gasteiger partial charge in [-0.2, -0.15) is 0 Å². The number of hydrogen-bond acceptors (Lipinski definition) is 9. The number of methoxy groups -OCH3 is 1. The van der Waals surface area contributed by atoms with Gasteiger partial charge in [-0.1, -0.05) is 96.9 Å². The van der Waals surface area contributed by atoms with Crippen LogP contribution in [-0.2, 0) is 27.1 Å². The number of carbonyl (C=O) groups is 1. The largest absolute Gasteiger partial charge is 0.396 e. The second kappa shape index (κ2) is 22.3. The maximum atomic E-state index is 13.0. The molecule has 0 amide bonds. The molecule has 6 N–H and O–H groups in total. The number of ether oxygens (including phenoxy) is 2. The normalized spacial score (nSPS) is 34.0. The number of rotatable bonds is 18. The lowest BCUT2D eigenvalue weighted by molar-refractivity contribution is -0.194. The van der Waals surface area contributed by atoms with Gasteiger partial charge in [-0.25, -0.2) is 0 Å². The minimum absolute atomic E-state index is 0.00450. The smallest absolute Gasteiger partial charge is 0.145 e. The molecule has 1 aromatic rings. The molecule has 4 aliphatic carbocycles. The highest BCUT2D eigenvalue weighted by Crippen LogP contribution is 2.67. The van der Waals surface area contributed by atoms with Gasteiger partial charge < -0.3 is 40.5 Å². The Morgan fingerprint density at radius 1 is 1.08 bits per heavy atom. The number of aliphatic hydroxyl groups is 4. The van der Waals surface area contributed by atoms with Crippen LogP contribution in [0.4, 0.5) is 0 Å². The summed E-state index contributed by atoms with van der Waals surface area (Å²) in [5.74, 6) is -0.0802. The average molecular weight is 855 g/mol. The van der Waals surface area contributed by atoms with E-state index in [-0.39, 0.29) is 61.6 Å². The second-order valence-corrected chi connectivity index (χ2v) is 19.5. The van der Waals surface area contributed by atoms with Gasteiger partial charge in [0.1, 0.15) is 6.29 Å². The van der Waals surface area contributed by atoms with Crippen LogP contribution in [-0.4, -0.2) is 104 Å². The first-order chi connectivity index (χ1) is 30.0. The van der Waals surface area contributed by atoms with E-state index in [9.17, 15) is 25.2 Å². The van der Waals surface area contributed by atoms with Crippen molar-refractivity contribution >= 4 is 6.29 Å². The summed E-state index contributed by atoms with van der Waals surface area (Å²) < 4.78 is 11.7. The molecule has 0 radical (unpaired) electrons. The summed E-state index contributed by atoms with van der Waals surface area (Å²) in [5.41, 5.74) is 5.41. The molecule has 0 unspecified atom stereocenters. The second-order valence-electron chi connectivity index (χ2n) is 19.5. The van der Waals surface area contributed by atoms with Crippen LogP contribution in [0.15, 0.2) is 95.2 Å². The number of fused-ring (bicyclic) bond motifs is 5. The fraction of sp³-hybridized carbons (Fsp3) is 0.642. The van der Waals surface area contributed by atoms with Crippen LogP contribution >= 0.6 is 0 Å². The van der Waals surface area contributed by atoms with Gasteiger partial charge >= 0.3 is 0 Å². The molecule has 4 bridgehead atoms. The summed E-state index contributed by atoms with van der Waals surface area (Å²) >= 11 is 0. The molecule has 5 aliphatic rings. The first-order valence-corrected chi connectivity index (χ1v) is 23.7. The fourth-order valence-electron chi connectivity index (χ4n) is 12.7. The van der Waals surface area contributed by atoms with Crippen molar-refractivity contribution < 1.29 is 34.7 Å². The third-order valence-electron chi connectivity index (χ3n) is 15.9. The Balaban J connectivity index is 1.30. The predicted octanol–water partition coefficient (Wildman–Crippen LogP) is 7.16. The Bertz CT molecular complexity index is 1830. The van der Waals surface area contributed by atoms with Crippen LogP contribution in [0.5, 0.6) is 0 Å². The van der Waals surface area contributed by atoms with Crippen LogP contribution in [0.25, 0.3) is 0 Å². The summed E-state index contributed by atoms with van der Waals surface area (Å²) in [6.45, 7) is 11.1. The predicted molar refractivity (Wildman–Crippen MR) is 249 cm³/mol. The molecule has 62 heavy (non-hydrogen) atoms. The molecule has 3 saturated carbocycles. The Kier molecular flexibility index (Phi) is 17.4. The van der Waals surface area contributed by atoms with Gasteiger partial charge in [0.2, 0.25) is 0 Å². The van der Waals surface area contributed by atoms with E-state index in [0.717, 1.165) is 61.8 Å². The number of hydrogen-bond donors (Lipinski definition) is 6. The molecule has 1 aliphatic heterocycles. The molecule has 1 spiro atoms. The molecule has 342 valence electrons. The lowest BCUT2D eigenvalue weighted by Crippen LogP contribution is -2.65. The summed E-state index contributed by atoms with van der Waals surface area (Å²) in [5, 5.41) is 53.1. The standard InChI is InChI=1S/C53H78N2O7/c1-37-16-17-43(31-40-11-9-12-41(30-40)32-51(55-34-37,24-28-61-5)46-14-6-7-15-46)38(2)10-8-13-45(36-62-29-27-57)47-20-22-53(50(47)59)49-42(21-26-56)18-19-44(48(49)39(3)35-58)33-52(53,60)23-25-54-4/h8-13,16,18-19,30,35,42-44,46-47,49-50,54-57,59-60H,2,6-7,14-15,17,20-29,31-34,36H2,1,3-5H3/t42-,43-,44+,47-,49-,50-,51-,52-,53-/m1/s1. The van der Waals surface area contributed by atoms with Gasteiger partial charge in [0.05, 0.1) is 31.5 Å². The van der Waals surface area contributed by atoms with Gasteiger partial charge in [0, 0.05) is 49.7 Å². The molecular weight excluding hydrogens is 777 g/mol. The summed E-state index contributed by atoms with van der Waals surface area (Å²) in [6.07, 6.45) is 24.2. The van der Waals surface area contributed by atoms with E-state index < -0.39 is 17.1 Å². The highest BCUT2D eigenvalue weighted by Gasteiger charge is 2.68. The van der Waals surface area contributed by atoms with E-state index in [1.807, 2.05) is 27.2 Å². The van der Waals surface area contributed by atoms with E-state index in [4.69, 9.17) is 9.47 Å². The maximum Gasteiger partial charge on any atom is 0.145 e. The number of benzene rings is 1. The highest BCUT2D eigenvalue weighted by molar-refractivity contribution is 5.74. The van der Waals surface area contributed by atoms with Crippen molar-refractivity contribution in [3.8, 4) is 0 Å². The van der Waals surface area contributed by atoms with Crippen LogP contribution in [0.3, 0.4) is 0 Å². The van der Waals surface area contributed by atoms with Crippen molar-refractivity contribution in [3.63, 3.8) is 0 Å². The third-order valence-corrected chi connectivity index (χ3v) is 15.9. The Morgan fingerprint density at radius 3 is 2.60 bits per heavy atom. The Labute approximate surface area is 372 Å². The molecule has 9 heteroatoms. The van der Waals surface area contributed by atoms with Gasteiger partial charge in [0.15, 0.2) is 0 Å². The van der Waals surface area contributed by atoms with Gasteiger partial charge in [-0.3, -0.25) is 4.79 Å². The van der Waals surface area contributed by atoms with Crippen molar-refractivity contribution in [3.05, 3.63) is 106 Å². The van der Waals surface area contributed by atoms with Crippen molar-refractivity contribution in [2.24, 2.45) is 40.9 Å². The zero-order valence-electron chi connectivity index (χ0n) is 38.3. The molecule has 0 saturated heterocycles. The van der Waals surface area contributed by atoms with E-state index in [1.165, 1.54) is 42.4 Å². The summed E-state index contributed by atoms with van der Waals surface area (Å²) in [4.78, 5) is 12.4. The topological polar surface area (TPSA) is 141 Å². The molecule has 0 aromatic heterocycles. The molecule has 1 heterocycles. The SMILES string of the molecule is C=C(C=CC=C(COCCO)[C@H]1CC[C@]2([C@@H]1O)[C@H]1C(=C(C)C=O)[C@@H](C=C[C@@H]1CCO)C[C@]2(O)CCNC)[C@@H]1CC=C(C)CN[C@@](CCOC)(C2CCCC2)Cc2cccc(c2)C1. The Morgan fingerprint density at radius 2 is 1.87 bits per heavy atom. The van der Waals surface area contributed by atoms with Crippen LogP contribution in [0.2, 0.25) is 0 Å². The molecule has 3 fully saturated rings.